The van der Waals surface area contributed by atoms with Gasteiger partial charge in [0.25, 0.3) is 0 Å². The van der Waals surface area contributed by atoms with E-state index in [1.807, 2.05) is 0 Å². The Labute approximate surface area is 164 Å². The van der Waals surface area contributed by atoms with Gasteiger partial charge in [-0.1, -0.05) is 11.6 Å². The van der Waals surface area contributed by atoms with Crippen LogP contribution in [-0.4, -0.2) is 59.8 Å². The van der Waals surface area contributed by atoms with Crippen LogP contribution in [-0.2, 0) is 11.3 Å². The molecule has 148 valence electrons. The Morgan fingerprint density at radius 1 is 1.21 bits per heavy atom. The third kappa shape index (κ3) is 3.25. The third-order valence-electron chi connectivity index (χ3n) is 4.70. The van der Waals surface area contributed by atoms with Crippen LogP contribution in [0, 0.1) is 0 Å². The molecular weight excluding hydrogens is 388 g/mol. The maximum atomic E-state index is 10.2. The fourth-order valence-corrected chi connectivity index (χ4v) is 3.38. The number of benzene rings is 1. The van der Waals surface area contributed by atoms with E-state index in [0.717, 1.165) is 5.56 Å². The number of nitrogens with zero attached hydrogens (tertiary/aromatic N) is 4. The Kier molecular flexibility index (Phi) is 5.04. The van der Waals surface area contributed by atoms with Crippen molar-refractivity contribution in [2.24, 2.45) is 0 Å². The Balaban J connectivity index is 1.61. The number of aliphatic hydroxyl groups excluding tert-OH is 3. The summed E-state index contributed by atoms with van der Waals surface area (Å²) < 4.78 is 7.05. The van der Waals surface area contributed by atoms with Crippen LogP contribution in [0.4, 0.5) is 11.5 Å². The molecule has 0 amide bonds. The molecule has 0 bridgehead atoms. The van der Waals surface area contributed by atoms with E-state index in [1.54, 1.807) is 18.2 Å². The first kappa shape index (κ1) is 18.8. The van der Waals surface area contributed by atoms with E-state index in [0.29, 0.717) is 34.2 Å². The van der Waals surface area contributed by atoms with E-state index in [4.69, 9.17) is 22.1 Å². The van der Waals surface area contributed by atoms with Gasteiger partial charge < -0.3 is 31.1 Å². The molecule has 0 aliphatic carbocycles. The summed E-state index contributed by atoms with van der Waals surface area (Å²) in [5.74, 6) is 0.467. The molecule has 1 aliphatic heterocycles. The molecule has 0 radical (unpaired) electrons. The van der Waals surface area contributed by atoms with E-state index in [9.17, 15) is 15.3 Å². The van der Waals surface area contributed by atoms with Crippen molar-refractivity contribution in [3.05, 3.63) is 41.4 Å². The maximum Gasteiger partial charge on any atom is 0.167 e. The highest BCUT2D eigenvalue weighted by Gasteiger charge is 2.44. The molecule has 4 atom stereocenters. The molecule has 0 spiro atoms. The molecule has 28 heavy (non-hydrogen) atoms. The second kappa shape index (κ2) is 7.49. The van der Waals surface area contributed by atoms with Gasteiger partial charge >= 0.3 is 0 Å². The van der Waals surface area contributed by atoms with Crippen molar-refractivity contribution < 1.29 is 20.1 Å². The minimum absolute atomic E-state index is 0.374. The highest BCUT2D eigenvalue weighted by Crippen LogP contribution is 2.32. The normalized spacial score (nSPS) is 24.7. The highest BCUT2D eigenvalue weighted by atomic mass is 35.5. The summed E-state index contributed by atoms with van der Waals surface area (Å²) in [6.45, 7) is -0.0383. The van der Waals surface area contributed by atoms with Crippen LogP contribution in [0.25, 0.3) is 11.2 Å². The van der Waals surface area contributed by atoms with E-state index >= 15 is 0 Å². The van der Waals surface area contributed by atoms with E-state index in [1.165, 1.54) is 17.2 Å². The molecule has 10 nitrogen and oxygen atoms in total. The lowest BCUT2D eigenvalue weighted by atomic mass is 10.1. The Hall–Kier alpha value is -2.50. The zero-order valence-electron chi connectivity index (χ0n) is 14.6. The van der Waals surface area contributed by atoms with Crippen molar-refractivity contribution in [2.45, 2.75) is 31.1 Å². The van der Waals surface area contributed by atoms with Gasteiger partial charge in [0.1, 0.15) is 24.6 Å². The van der Waals surface area contributed by atoms with Crippen molar-refractivity contribution in [1.29, 1.82) is 0 Å². The van der Waals surface area contributed by atoms with E-state index < -0.39 is 31.1 Å². The number of nitrogen functional groups attached to an aromatic ring is 1. The summed E-state index contributed by atoms with van der Waals surface area (Å²) in [6, 6.07) is 5.21. The smallest absolute Gasteiger partial charge is 0.167 e. The minimum atomic E-state index is -1.23. The molecular formula is C17H19ClN6O4. The summed E-state index contributed by atoms with van der Waals surface area (Å²) in [5, 5.41) is 33.2. The lowest BCUT2D eigenvalue weighted by Gasteiger charge is -2.16. The monoisotopic (exact) mass is 406 g/mol. The number of aliphatic hydroxyl groups is 3. The topological polar surface area (TPSA) is 152 Å². The SMILES string of the molecule is Nc1ccc(Cl)cc1CNc1ncnc2c1ncn2[C@@H]1O[C@H](CO)[C@@H](O)[C@H]1O. The molecule has 6 N–H and O–H groups in total. The van der Waals surface area contributed by atoms with Crippen LogP contribution >= 0.6 is 11.6 Å². The predicted octanol–water partition coefficient (Wildman–Crippen LogP) is 0.285. The molecule has 1 aliphatic rings. The second-order valence-corrected chi connectivity index (χ2v) is 6.91. The minimum Gasteiger partial charge on any atom is -0.398 e. The van der Waals surface area contributed by atoms with Gasteiger partial charge in [-0.05, 0) is 23.8 Å². The zero-order chi connectivity index (χ0) is 19.8. The molecule has 4 rings (SSSR count). The summed E-state index contributed by atoms with van der Waals surface area (Å²) in [6.07, 6.45) is -1.46. The Morgan fingerprint density at radius 3 is 2.79 bits per heavy atom. The van der Waals surface area contributed by atoms with Gasteiger partial charge in [-0.15, -0.1) is 0 Å². The summed E-state index contributed by atoms with van der Waals surface area (Å²) >= 11 is 6.02. The highest BCUT2D eigenvalue weighted by molar-refractivity contribution is 6.30. The molecule has 1 saturated heterocycles. The quantitative estimate of drug-likeness (QED) is 0.376. The first-order valence-corrected chi connectivity index (χ1v) is 8.95. The number of halogens is 1. The Morgan fingerprint density at radius 2 is 2.04 bits per heavy atom. The van der Waals surface area contributed by atoms with E-state index in [2.05, 4.69) is 20.3 Å². The van der Waals surface area contributed by atoms with Crippen LogP contribution in [0.3, 0.4) is 0 Å². The fourth-order valence-electron chi connectivity index (χ4n) is 3.18. The Bertz CT molecular complexity index is 999. The first-order valence-electron chi connectivity index (χ1n) is 8.57. The average molecular weight is 407 g/mol. The number of hydrogen-bond donors (Lipinski definition) is 5. The number of ether oxygens (including phenoxy) is 1. The van der Waals surface area contributed by atoms with Gasteiger partial charge in [-0.2, -0.15) is 0 Å². The second-order valence-electron chi connectivity index (χ2n) is 6.47. The number of imidazole rings is 1. The zero-order valence-corrected chi connectivity index (χ0v) is 15.4. The predicted molar refractivity (Wildman–Crippen MR) is 102 cm³/mol. The van der Waals surface area contributed by atoms with Gasteiger partial charge in [0, 0.05) is 17.3 Å². The lowest BCUT2D eigenvalue weighted by molar-refractivity contribution is -0.0511. The lowest BCUT2D eigenvalue weighted by Crippen LogP contribution is -2.33. The van der Waals surface area contributed by atoms with Crippen LogP contribution < -0.4 is 11.1 Å². The molecule has 3 heterocycles. The van der Waals surface area contributed by atoms with Crippen LogP contribution in [0.2, 0.25) is 5.02 Å². The van der Waals surface area contributed by atoms with Crippen LogP contribution in [0.1, 0.15) is 11.8 Å². The summed E-state index contributed by atoms with van der Waals surface area (Å²) in [5.41, 5.74) is 8.24. The van der Waals surface area contributed by atoms with Gasteiger partial charge in [0.05, 0.1) is 12.9 Å². The summed E-state index contributed by atoms with van der Waals surface area (Å²) in [7, 11) is 0. The number of rotatable bonds is 5. The molecule has 2 aromatic heterocycles. The van der Waals surface area contributed by atoms with Gasteiger partial charge in [-0.3, -0.25) is 4.57 Å². The van der Waals surface area contributed by atoms with Crippen molar-refractivity contribution in [3.8, 4) is 0 Å². The molecule has 0 unspecified atom stereocenters. The number of aromatic nitrogens is 4. The van der Waals surface area contributed by atoms with Gasteiger partial charge in [0.2, 0.25) is 0 Å². The van der Waals surface area contributed by atoms with Crippen LogP contribution in [0.5, 0.6) is 0 Å². The van der Waals surface area contributed by atoms with Crippen LogP contribution in [0.15, 0.2) is 30.9 Å². The number of anilines is 2. The molecule has 11 heteroatoms. The summed E-state index contributed by atoms with van der Waals surface area (Å²) in [4.78, 5) is 12.7. The standard InChI is InChI=1S/C17H19ClN6O4/c18-9-1-2-10(19)8(3-9)4-20-15-12-16(22-6-21-15)24(7-23-12)17-14(27)13(26)11(5-25)28-17/h1-3,6-7,11,13-14,17,25-27H,4-5,19H2,(H,20,21,22)/t11-,13-,14-,17-/m1/s1. The van der Waals surface area contributed by atoms with Gasteiger partial charge in [-0.25, -0.2) is 15.0 Å². The van der Waals surface area contributed by atoms with Crippen molar-refractivity contribution in [2.75, 3.05) is 17.7 Å². The number of nitrogens with two attached hydrogens (primary N) is 1. The maximum absolute atomic E-state index is 10.2. The molecule has 0 saturated carbocycles. The van der Waals surface area contributed by atoms with Gasteiger partial charge in [0.15, 0.2) is 23.2 Å². The van der Waals surface area contributed by atoms with Crippen molar-refractivity contribution >= 4 is 34.3 Å². The number of fused-ring (bicyclic) bond motifs is 1. The fraction of sp³-hybridized carbons (Fsp3) is 0.353. The molecule has 1 aromatic carbocycles. The third-order valence-corrected chi connectivity index (χ3v) is 4.94. The number of nitrogens with one attached hydrogen (secondary N) is 1. The van der Waals surface area contributed by atoms with Crippen molar-refractivity contribution in [3.63, 3.8) is 0 Å². The molecule has 3 aromatic rings. The van der Waals surface area contributed by atoms with Crippen molar-refractivity contribution in [1.82, 2.24) is 19.5 Å². The van der Waals surface area contributed by atoms with E-state index in [-0.39, 0.29) is 0 Å². The average Bonchev–Trinajstić information content (AvgIpc) is 3.24. The molecule has 1 fully saturated rings. The number of hydrogen-bond acceptors (Lipinski definition) is 9. The first-order chi connectivity index (χ1) is 13.5. The largest absolute Gasteiger partial charge is 0.398 e.